The summed E-state index contributed by atoms with van der Waals surface area (Å²) in [6, 6.07) is 13.5. The number of halogens is 1. The first-order valence-corrected chi connectivity index (χ1v) is 8.10. The van der Waals surface area contributed by atoms with Crippen LogP contribution in [-0.2, 0) is 4.79 Å². The first-order valence-electron chi connectivity index (χ1n) is 7.72. The third-order valence-corrected chi connectivity index (χ3v) is 3.58. The number of hydrogen-bond acceptors (Lipinski definition) is 3. The van der Waals surface area contributed by atoms with Gasteiger partial charge in [0.05, 0.1) is 11.3 Å². The number of carbonyl (C=O) groups excluding carboxylic acids is 2. The van der Waals surface area contributed by atoms with Crippen LogP contribution in [0.15, 0.2) is 61.2 Å². The lowest BCUT2D eigenvalue weighted by Gasteiger charge is -2.16. The number of rotatable bonds is 7. The molecule has 2 rings (SSSR count). The van der Waals surface area contributed by atoms with Gasteiger partial charge in [0.25, 0.3) is 11.8 Å². The fourth-order valence-electron chi connectivity index (χ4n) is 2.06. The van der Waals surface area contributed by atoms with E-state index in [1.165, 1.54) is 0 Å². The topological polar surface area (TPSA) is 67.4 Å². The monoisotopic (exact) mass is 358 g/mol. The van der Waals surface area contributed by atoms with E-state index in [9.17, 15) is 9.59 Å². The minimum Gasteiger partial charge on any atom is -0.481 e. The van der Waals surface area contributed by atoms with Crippen LogP contribution in [-0.4, -0.2) is 24.5 Å². The van der Waals surface area contributed by atoms with Crippen molar-refractivity contribution in [3.63, 3.8) is 0 Å². The Balaban J connectivity index is 2.05. The number of amides is 2. The fourth-order valence-corrected chi connectivity index (χ4v) is 2.18. The molecular weight excluding hydrogens is 340 g/mol. The minimum atomic E-state index is -0.745. The predicted molar refractivity (Wildman–Crippen MR) is 99.1 cm³/mol. The molecule has 0 radical (unpaired) electrons. The zero-order valence-corrected chi connectivity index (χ0v) is 14.5. The van der Waals surface area contributed by atoms with Crippen molar-refractivity contribution in [1.82, 2.24) is 5.32 Å². The molecule has 0 aromatic heterocycles. The van der Waals surface area contributed by atoms with E-state index in [2.05, 4.69) is 17.2 Å². The van der Waals surface area contributed by atoms with E-state index in [-0.39, 0.29) is 11.8 Å². The maximum atomic E-state index is 12.4. The lowest BCUT2D eigenvalue weighted by Crippen LogP contribution is -2.31. The normalized spacial score (nSPS) is 11.3. The van der Waals surface area contributed by atoms with Gasteiger partial charge in [-0.2, -0.15) is 0 Å². The van der Waals surface area contributed by atoms with Gasteiger partial charge in [0, 0.05) is 11.6 Å². The van der Waals surface area contributed by atoms with Gasteiger partial charge in [0.15, 0.2) is 6.10 Å². The van der Waals surface area contributed by atoms with Crippen LogP contribution >= 0.6 is 11.6 Å². The van der Waals surface area contributed by atoms with Gasteiger partial charge >= 0.3 is 0 Å². The zero-order valence-electron chi connectivity index (χ0n) is 13.8. The highest BCUT2D eigenvalue weighted by Crippen LogP contribution is 2.19. The van der Waals surface area contributed by atoms with Crippen molar-refractivity contribution in [2.75, 3.05) is 11.9 Å². The third-order valence-electron chi connectivity index (χ3n) is 3.33. The lowest BCUT2D eigenvalue weighted by molar-refractivity contribution is -0.122. The number of para-hydroxylation sites is 1. The Labute approximate surface area is 151 Å². The van der Waals surface area contributed by atoms with Gasteiger partial charge in [0.2, 0.25) is 0 Å². The Morgan fingerprint density at radius 1 is 1.20 bits per heavy atom. The molecule has 1 unspecified atom stereocenters. The molecule has 0 saturated heterocycles. The molecule has 0 aliphatic carbocycles. The van der Waals surface area contributed by atoms with Crippen LogP contribution in [0.4, 0.5) is 5.69 Å². The summed E-state index contributed by atoms with van der Waals surface area (Å²) in [4.78, 5) is 24.5. The quantitative estimate of drug-likeness (QED) is 0.742. The molecule has 0 heterocycles. The summed E-state index contributed by atoms with van der Waals surface area (Å²) < 4.78 is 5.58. The number of anilines is 1. The maximum Gasteiger partial charge on any atom is 0.265 e. The summed E-state index contributed by atoms with van der Waals surface area (Å²) >= 11 is 5.82. The van der Waals surface area contributed by atoms with Gasteiger partial charge in [-0.25, -0.2) is 0 Å². The second kappa shape index (κ2) is 8.89. The molecular formula is C19H19ClN2O3. The van der Waals surface area contributed by atoms with Crippen molar-refractivity contribution >= 4 is 29.1 Å². The largest absolute Gasteiger partial charge is 0.481 e. The van der Waals surface area contributed by atoms with Crippen molar-refractivity contribution in [1.29, 1.82) is 0 Å². The molecule has 0 fully saturated rings. The maximum absolute atomic E-state index is 12.4. The van der Waals surface area contributed by atoms with E-state index in [0.29, 0.717) is 28.6 Å². The average molecular weight is 359 g/mol. The van der Waals surface area contributed by atoms with Gasteiger partial charge in [-0.05, 0) is 43.3 Å². The summed E-state index contributed by atoms with van der Waals surface area (Å²) in [6.07, 6.45) is 0.840. The van der Waals surface area contributed by atoms with E-state index >= 15 is 0 Å². The third kappa shape index (κ3) is 5.36. The molecule has 5 nitrogen and oxygen atoms in total. The molecule has 25 heavy (non-hydrogen) atoms. The Hall–Kier alpha value is -2.79. The van der Waals surface area contributed by atoms with Crippen LogP contribution in [0.5, 0.6) is 5.75 Å². The first-order chi connectivity index (χ1) is 12.0. The molecule has 0 aliphatic rings. The number of ether oxygens (including phenoxy) is 1. The molecule has 0 spiro atoms. The highest BCUT2D eigenvalue weighted by Gasteiger charge is 2.18. The number of nitrogens with one attached hydrogen (secondary N) is 2. The SMILES string of the molecule is C=CCNC(=O)c1ccccc1NC(=O)C(C)Oc1ccc(Cl)cc1. The minimum absolute atomic E-state index is 0.290. The molecule has 6 heteroatoms. The summed E-state index contributed by atoms with van der Waals surface area (Å²) in [6.45, 7) is 5.53. The summed E-state index contributed by atoms with van der Waals surface area (Å²) in [5, 5.41) is 5.99. The lowest BCUT2D eigenvalue weighted by atomic mass is 10.1. The Morgan fingerprint density at radius 2 is 1.88 bits per heavy atom. The van der Waals surface area contributed by atoms with Crippen LogP contribution in [0.1, 0.15) is 17.3 Å². The molecule has 0 bridgehead atoms. The van der Waals surface area contributed by atoms with E-state index in [4.69, 9.17) is 16.3 Å². The predicted octanol–water partition coefficient (Wildman–Crippen LogP) is 3.66. The van der Waals surface area contributed by atoms with E-state index in [1.807, 2.05) is 0 Å². The Morgan fingerprint density at radius 3 is 2.56 bits per heavy atom. The van der Waals surface area contributed by atoms with Crippen LogP contribution in [0.3, 0.4) is 0 Å². The Bertz CT molecular complexity index is 760. The van der Waals surface area contributed by atoms with Gasteiger partial charge in [-0.3, -0.25) is 9.59 Å². The molecule has 130 valence electrons. The van der Waals surface area contributed by atoms with E-state index < -0.39 is 6.10 Å². The number of carbonyl (C=O) groups is 2. The van der Waals surface area contributed by atoms with Crippen LogP contribution in [0.2, 0.25) is 5.02 Å². The van der Waals surface area contributed by atoms with Gasteiger partial charge in [-0.15, -0.1) is 6.58 Å². The fraction of sp³-hybridized carbons (Fsp3) is 0.158. The van der Waals surface area contributed by atoms with Crippen molar-refractivity contribution in [2.24, 2.45) is 0 Å². The average Bonchev–Trinajstić information content (AvgIpc) is 2.62. The second-order valence-electron chi connectivity index (χ2n) is 5.25. The summed E-state index contributed by atoms with van der Waals surface area (Å²) in [5.74, 6) is -0.120. The molecule has 0 aliphatic heterocycles. The highest BCUT2D eigenvalue weighted by molar-refractivity contribution is 6.30. The summed E-state index contributed by atoms with van der Waals surface area (Å²) in [7, 11) is 0. The van der Waals surface area contributed by atoms with E-state index in [1.54, 1.807) is 61.5 Å². The van der Waals surface area contributed by atoms with Gasteiger partial charge in [-0.1, -0.05) is 29.8 Å². The molecule has 2 aromatic carbocycles. The molecule has 2 amide bonds. The molecule has 1 atom stereocenters. The number of benzene rings is 2. The van der Waals surface area contributed by atoms with E-state index in [0.717, 1.165) is 0 Å². The van der Waals surface area contributed by atoms with Gasteiger partial charge in [0.1, 0.15) is 5.75 Å². The first kappa shape index (κ1) is 18.5. The zero-order chi connectivity index (χ0) is 18.2. The summed E-state index contributed by atoms with van der Waals surface area (Å²) in [5.41, 5.74) is 0.789. The van der Waals surface area contributed by atoms with Crippen LogP contribution in [0.25, 0.3) is 0 Å². The molecule has 2 N–H and O–H groups in total. The van der Waals surface area contributed by atoms with Crippen molar-refractivity contribution in [2.45, 2.75) is 13.0 Å². The Kier molecular flexibility index (Phi) is 6.60. The molecule has 0 saturated carbocycles. The van der Waals surface area contributed by atoms with Crippen molar-refractivity contribution < 1.29 is 14.3 Å². The second-order valence-corrected chi connectivity index (χ2v) is 5.68. The standard InChI is InChI=1S/C19H19ClN2O3/c1-3-12-21-19(24)16-6-4-5-7-17(16)22-18(23)13(2)25-15-10-8-14(20)9-11-15/h3-11,13H,1,12H2,2H3,(H,21,24)(H,22,23). The van der Waals surface area contributed by atoms with Crippen LogP contribution < -0.4 is 15.4 Å². The van der Waals surface area contributed by atoms with Gasteiger partial charge < -0.3 is 15.4 Å². The molecule has 2 aromatic rings. The number of hydrogen-bond donors (Lipinski definition) is 2. The van der Waals surface area contributed by atoms with Crippen molar-refractivity contribution in [3.8, 4) is 5.75 Å². The highest BCUT2D eigenvalue weighted by atomic mass is 35.5. The van der Waals surface area contributed by atoms with Crippen LogP contribution in [0, 0.1) is 0 Å². The van der Waals surface area contributed by atoms with Crippen molar-refractivity contribution in [3.05, 3.63) is 71.8 Å². The smallest absolute Gasteiger partial charge is 0.265 e.